The van der Waals surface area contributed by atoms with Crippen LogP contribution in [0.2, 0.25) is 0 Å². The molecule has 3 aliphatic rings. The third-order valence-corrected chi connectivity index (χ3v) is 10.3. The van der Waals surface area contributed by atoms with E-state index in [4.69, 9.17) is 11.2 Å². The standard InChI is InChI=1S/C36H42F3N7O3/c1-6-24-26(38)11-10-22-14-35(4,48)20-46(30(22)24)32-28(39)29-25(16-40-32)31(42-19-36(12-8-9-13-36)18-41-27(47)7-2)44-33(43-29)49-21-34(3)15-23(37)17-45(34)5/h1,7,10-11,16,23,48H,2,8-9,12-15,17-21H2,3-5H3,(H,41,47)(H,42,43,44)/t23-,34+,35-/m1/s1. The number of likely N-dealkylation sites (N-methyl/N-ethyl adjacent to an activating group) is 1. The number of aromatic nitrogens is 3. The van der Waals surface area contributed by atoms with Crippen molar-refractivity contribution in [3.05, 3.63) is 53.7 Å². The van der Waals surface area contributed by atoms with E-state index in [-0.39, 0.29) is 83.7 Å². The maximum Gasteiger partial charge on any atom is 0.319 e. The molecule has 3 aromatic rings. The number of pyridine rings is 1. The highest BCUT2D eigenvalue weighted by atomic mass is 19.1. The number of terminal acetylenes is 1. The lowest BCUT2D eigenvalue weighted by Gasteiger charge is -2.39. The number of nitrogens with one attached hydrogen (secondary N) is 2. The average Bonchev–Trinajstić information content (AvgIpc) is 3.64. The fourth-order valence-corrected chi connectivity index (χ4v) is 7.44. The Labute approximate surface area is 284 Å². The van der Waals surface area contributed by atoms with Crippen LogP contribution in [-0.4, -0.2) is 88.0 Å². The molecule has 0 spiro atoms. The van der Waals surface area contributed by atoms with Crippen molar-refractivity contribution in [2.45, 2.75) is 69.7 Å². The second kappa shape index (κ2) is 13.1. The van der Waals surface area contributed by atoms with Crippen molar-refractivity contribution >= 4 is 34.1 Å². The predicted molar refractivity (Wildman–Crippen MR) is 182 cm³/mol. The molecule has 2 fully saturated rings. The second-order valence-electron chi connectivity index (χ2n) is 14.3. The lowest BCUT2D eigenvalue weighted by molar-refractivity contribution is -0.116. The van der Waals surface area contributed by atoms with Crippen LogP contribution in [0.1, 0.15) is 57.1 Å². The van der Waals surface area contributed by atoms with Gasteiger partial charge in [0.2, 0.25) is 5.91 Å². The van der Waals surface area contributed by atoms with Crippen molar-refractivity contribution in [2.24, 2.45) is 5.41 Å². The summed E-state index contributed by atoms with van der Waals surface area (Å²) >= 11 is 0. The molecule has 260 valence electrons. The number of anilines is 3. The van der Waals surface area contributed by atoms with Crippen LogP contribution in [0, 0.1) is 29.4 Å². The molecule has 1 aromatic carbocycles. The molecule has 3 atom stereocenters. The third kappa shape index (κ3) is 6.76. The SMILES string of the molecule is C#Cc1c(F)ccc2c1N(c1ncc3c(NCC4(CNC(=O)C=C)CCCC4)nc(OC[C@]4(C)C[C@@H](F)CN4C)nc3c1F)C[C@](C)(O)C2. The molecule has 49 heavy (non-hydrogen) atoms. The summed E-state index contributed by atoms with van der Waals surface area (Å²) in [5, 5.41) is 17.7. The highest BCUT2D eigenvalue weighted by molar-refractivity contribution is 5.92. The molecule has 2 aromatic heterocycles. The topological polar surface area (TPSA) is 116 Å². The molecule has 1 saturated heterocycles. The zero-order valence-electron chi connectivity index (χ0n) is 28.1. The van der Waals surface area contributed by atoms with Crippen LogP contribution < -0.4 is 20.3 Å². The van der Waals surface area contributed by atoms with Gasteiger partial charge in [0.25, 0.3) is 0 Å². The van der Waals surface area contributed by atoms with Gasteiger partial charge in [0.05, 0.1) is 34.3 Å². The quantitative estimate of drug-likeness (QED) is 0.205. The number of likely N-dealkylation sites (tertiary alicyclic amines) is 1. The summed E-state index contributed by atoms with van der Waals surface area (Å²) < 4.78 is 52.2. The summed E-state index contributed by atoms with van der Waals surface area (Å²) in [6, 6.07) is 2.64. The number of aliphatic hydroxyl groups is 1. The summed E-state index contributed by atoms with van der Waals surface area (Å²) in [5.74, 6) is 0.698. The number of benzene rings is 1. The molecule has 13 heteroatoms. The van der Waals surface area contributed by atoms with E-state index in [1.54, 1.807) is 6.92 Å². The van der Waals surface area contributed by atoms with E-state index in [1.165, 1.54) is 29.3 Å². The number of β-amino-alcohol motifs (C(OH)–C–C–N with tert-alkyl or cyclic N) is 1. The van der Waals surface area contributed by atoms with Crippen LogP contribution in [0.3, 0.4) is 0 Å². The minimum Gasteiger partial charge on any atom is -0.461 e. The van der Waals surface area contributed by atoms with Gasteiger partial charge in [-0.1, -0.05) is 31.4 Å². The summed E-state index contributed by atoms with van der Waals surface area (Å²) in [5.41, 5.74) is -1.59. The van der Waals surface area contributed by atoms with Gasteiger partial charge in [-0.3, -0.25) is 9.69 Å². The van der Waals surface area contributed by atoms with Crippen molar-refractivity contribution in [3.63, 3.8) is 0 Å². The highest BCUT2D eigenvalue weighted by Crippen LogP contribution is 2.43. The van der Waals surface area contributed by atoms with Crippen LogP contribution in [0.4, 0.5) is 30.5 Å². The van der Waals surface area contributed by atoms with Gasteiger partial charge in [0.1, 0.15) is 29.9 Å². The van der Waals surface area contributed by atoms with Gasteiger partial charge in [0.15, 0.2) is 11.6 Å². The van der Waals surface area contributed by atoms with Crippen LogP contribution in [0.5, 0.6) is 6.01 Å². The Bertz CT molecular complexity index is 1820. The van der Waals surface area contributed by atoms with E-state index in [2.05, 4.69) is 38.1 Å². The van der Waals surface area contributed by atoms with E-state index in [0.29, 0.717) is 18.7 Å². The van der Waals surface area contributed by atoms with E-state index >= 15 is 4.39 Å². The van der Waals surface area contributed by atoms with Gasteiger partial charge in [0, 0.05) is 44.1 Å². The third-order valence-electron chi connectivity index (χ3n) is 10.3. The number of halogens is 3. The van der Waals surface area contributed by atoms with Gasteiger partial charge >= 0.3 is 6.01 Å². The molecule has 4 heterocycles. The largest absolute Gasteiger partial charge is 0.461 e. The number of fused-ring (bicyclic) bond motifs is 2. The zero-order valence-corrected chi connectivity index (χ0v) is 28.1. The molecule has 1 aliphatic carbocycles. The maximum atomic E-state index is 16.9. The molecule has 0 radical (unpaired) electrons. The van der Waals surface area contributed by atoms with Crippen molar-refractivity contribution in [3.8, 4) is 18.4 Å². The second-order valence-corrected chi connectivity index (χ2v) is 14.3. The fourth-order valence-electron chi connectivity index (χ4n) is 7.44. The number of nitrogens with zero attached hydrogens (tertiary/aromatic N) is 5. The van der Waals surface area contributed by atoms with Gasteiger partial charge in [-0.15, -0.1) is 6.42 Å². The Kier molecular flexibility index (Phi) is 9.23. The lowest BCUT2D eigenvalue weighted by Crippen LogP contribution is -2.45. The van der Waals surface area contributed by atoms with E-state index < -0.39 is 28.9 Å². The number of carbonyl (C=O) groups is 1. The van der Waals surface area contributed by atoms with E-state index in [1.807, 2.05) is 18.9 Å². The fraction of sp³-hybridized carbons (Fsp3) is 0.500. The minimum atomic E-state index is -1.31. The molecule has 3 N–H and O–H groups in total. The molecule has 1 amide bonds. The molecular weight excluding hydrogens is 635 g/mol. The molecule has 2 aliphatic heterocycles. The minimum absolute atomic E-state index is 0.0547. The van der Waals surface area contributed by atoms with Crippen LogP contribution in [0.25, 0.3) is 10.9 Å². The Morgan fingerprint density at radius 1 is 1.24 bits per heavy atom. The first-order valence-corrected chi connectivity index (χ1v) is 16.5. The smallest absolute Gasteiger partial charge is 0.319 e. The lowest BCUT2D eigenvalue weighted by atomic mass is 9.86. The zero-order chi connectivity index (χ0) is 35.1. The first kappa shape index (κ1) is 34.5. The molecule has 6 rings (SSSR count). The summed E-state index contributed by atoms with van der Waals surface area (Å²) in [7, 11) is 1.82. The van der Waals surface area contributed by atoms with Crippen molar-refractivity contribution in [2.75, 3.05) is 50.1 Å². The number of hydrogen-bond donors (Lipinski definition) is 3. The molecule has 10 nitrogen and oxygen atoms in total. The molecule has 1 saturated carbocycles. The summed E-state index contributed by atoms with van der Waals surface area (Å²) in [6.45, 7) is 8.08. The van der Waals surface area contributed by atoms with Gasteiger partial charge in [-0.2, -0.15) is 9.97 Å². The van der Waals surface area contributed by atoms with Gasteiger partial charge in [-0.05, 0) is 51.4 Å². The van der Waals surface area contributed by atoms with Crippen LogP contribution in [-0.2, 0) is 11.2 Å². The number of hydrogen-bond acceptors (Lipinski definition) is 9. The monoisotopic (exact) mass is 677 g/mol. The Morgan fingerprint density at radius 3 is 2.67 bits per heavy atom. The van der Waals surface area contributed by atoms with Gasteiger partial charge < -0.3 is 25.4 Å². The number of rotatable bonds is 10. The highest BCUT2D eigenvalue weighted by Gasteiger charge is 2.42. The first-order valence-electron chi connectivity index (χ1n) is 16.5. The van der Waals surface area contributed by atoms with E-state index in [9.17, 15) is 18.7 Å². The normalized spacial score (nSPS) is 24.8. The molecule has 0 bridgehead atoms. The van der Waals surface area contributed by atoms with Crippen LogP contribution >= 0.6 is 0 Å². The molecule has 0 unspecified atom stereocenters. The Hall–Kier alpha value is -4.41. The Balaban J connectivity index is 1.42. The van der Waals surface area contributed by atoms with Crippen molar-refractivity contribution in [1.82, 2.24) is 25.2 Å². The average molecular weight is 678 g/mol. The van der Waals surface area contributed by atoms with Gasteiger partial charge in [-0.25, -0.2) is 18.2 Å². The van der Waals surface area contributed by atoms with E-state index in [0.717, 1.165) is 25.7 Å². The number of amides is 1. The number of carbonyl (C=O) groups excluding carboxylic acids is 1. The predicted octanol–water partition coefficient (Wildman–Crippen LogP) is 4.82. The number of alkyl halides is 1. The maximum absolute atomic E-state index is 16.9. The van der Waals surface area contributed by atoms with Crippen molar-refractivity contribution in [1.29, 1.82) is 0 Å². The summed E-state index contributed by atoms with van der Waals surface area (Å²) in [6.07, 6.45) is 11.5. The molecular formula is C36H42F3N7O3. The van der Waals surface area contributed by atoms with Crippen molar-refractivity contribution < 1.29 is 27.8 Å². The van der Waals surface area contributed by atoms with Crippen LogP contribution in [0.15, 0.2) is 31.0 Å². The summed E-state index contributed by atoms with van der Waals surface area (Å²) in [4.78, 5) is 28.9. The first-order chi connectivity index (χ1) is 23.3. The Morgan fingerprint density at radius 2 is 2.00 bits per heavy atom. The number of ether oxygens (including phenoxy) is 1.